The number of hydrogen-bond acceptors (Lipinski definition) is 3. The first-order valence-electron chi connectivity index (χ1n) is 5.81. The van der Waals surface area contributed by atoms with Crippen molar-refractivity contribution in [1.82, 2.24) is 0 Å². The van der Waals surface area contributed by atoms with Crippen LogP contribution in [-0.4, -0.2) is 24.3 Å². The maximum absolute atomic E-state index is 10.8. The second kappa shape index (κ2) is 8.72. The lowest BCUT2D eigenvalue weighted by Crippen LogP contribution is -2.14. The summed E-state index contributed by atoms with van der Waals surface area (Å²) in [5.74, 6) is 0.426. The Kier molecular flexibility index (Phi) is 8.38. The van der Waals surface area contributed by atoms with E-state index in [1.807, 2.05) is 0 Å². The monoisotopic (exact) mass is 216 g/mol. The standard InChI is InChI=1S/C12H24O3/c1-10(2)7-5-4-6-8-11(13)9-12(14)15-3/h10-11,13H,4-9H2,1-3H3. The molecule has 0 rings (SSSR count). The molecule has 0 spiro atoms. The van der Waals surface area contributed by atoms with Crippen molar-refractivity contribution in [3.05, 3.63) is 0 Å². The van der Waals surface area contributed by atoms with Crippen LogP contribution in [0.2, 0.25) is 0 Å². The van der Waals surface area contributed by atoms with Gasteiger partial charge in [-0.1, -0.05) is 39.5 Å². The zero-order chi connectivity index (χ0) is 11.7. The van der Waals surface area contributed by atoms with E-state index in [2.05, 4.69) is 18.6 Å². The van der Waals surface area contributed by atoms with Gasteiger partial charge in [-0.15, -0.1) is 0 Å². The van der Waals surface area contributed by atoms with Gasteiger partial charge in [-0.05, 0) is 12.3 Å². The highest BCUT2D eigenvalue weighted by molar-refractivity contribution is 5.69. The molecule has 0 bridgehead atoms. The van der Waals surface area contributed by atoms with E-state index in [4.69, 9.17) is 0 Å². The maximum atomic E-state index is 10.8. The number of aliphatic hydroxyl groups excluding tert-OH is 1. The van der Waals surface area contributed by atoms with Crippen LogP contribution in [0.15, 0.2) is 0 Å². The van der Waals surface area contributed by atoms with Gasteiger partial charge in [-0.2, -0.15) is 0 Å². The largest absolute Gasteiger partial charge is 0.469 e. The van der Waals surface area contributed by atoms with E-state index in [9.17, 15) is 9.90 Å². The molecule has 1 atom stereocenters. The Labute approximate surface area is 92.8 Å². The van der Waals surface area contributed by atoms with E-state index in [0.717, 1.165) is 18.8 Å². The molecular weight excluding hydrogens is 192 g/mol. The van der Waals surface area contributed by atoms with Gasteiger partial charge < -0.3 is 9.84 Å². The van der Waals surface area contributed by atoms with Crippen LogP contribution in [0.1, 0.15) is 52.4 Å². The first kappa shape index (κ1) is 14.4. The zero-order valence-corrected chi connectivity index (χ0v) is 10.2. The molecule has 0 aromatic heterocycles. The minimum Gasteiger partial charge on any atom is -0.469 e. The summed E-state index contributed by atoms with van der Waals surface area (Å²) in [5.41, 5.74) is 0. The Morgan fingerprint density at radius 2 is 1.80 bits per heavy atom. The summed E-state index contributed by atoms with van der Waals surface area (Å²) in [6.45, 7) is 4.43. The van der Waals surface area contributed by atoms with Crippen molar-refractivity contribution in [1.29, 1.82) is 0 Å². The highest BCUT2D eigenvalue weighted by Gasteiger charge is 2.10. The molecule has 0 aliphatic heterocycles. The van der Waals surface area contributed by atoms with Crippen molar-refractivity contribution in [3.8, 4) is 0 Å². The van der Waals surface area contributed by atoms with Crippen molar-refractivity contribution in [2.24, 2.45) is 5.92 Å². The molecule has 0 saturated heterocycles. The van der Waals surface area contributed by atoms with Gasteiger partial charge in [0.15, 0.2) is 0 Å². The van der Waals surface area contributed by atoms with E-state index in [0.29, 0.717) is 6.42 Å². The number of ether oxygens (including phenoxy) is 1. The van der Waals surface area contributed by atoms with Gasteiger partial charge in [0, 0.05) is 0 Å². The summed E-state index contributed by atoms with van der Waals surface area (Å²) >= 11 is 0. The summed E-state index contributed by atoms with van der Waals surface area (Å²) in [6.07, 6.45) is 4.88. The van der Waals surface area contributed by atoms with Crippen molar-refractivity contribution in [2.75, 3.05) is 7.11 Å². The van der Waals surface area contributed by atoms with E-state index >= 15 is 0 Å². The lowest BCUT2D eigenvalue weighted by Gasteiger charge is -2.09. The smallest absolute Gasteiger partial charge is 0.308 e. The third-order valence-corrected chi connectivity index (χ3v) is 2.45. The SMILES string of the molecule is COC(=O)CC(O)CCCCCC(C)C. The van der Waals surface area contributed by atoms with Gasteiger partial charge in [0.25, 0.3) is 0 Å². The zero-order valence-electron chi connectivity index (χ0n) is 10.2. The summed E-state index contributed by atoms with van der Waals surface area (Å²) in [5, 5.41) is 9.46. The molecule has 0 heterocycles. The normalized spacial score (nSPS) is 12.9. The average molecular weight is 216 g/mol. The number of unbranched alkanes of at least 4 members (excludes halogenated alkanes) is 2. The summed E-state index contributed by atoms with van der Waals surface area (Å²) in [6, 6.07) is 0. The van der Waals surface area contributed by atoms with Crippen molar-refractivity contribution in [3.63, 3.8) is 0 Å². The fourth-order valence-electron chi connectivity index (χ4n) is 1.49. The van der Waals surface area contributed by atoms with E-state index in [-0.39, 0.29) is 12.4 Å². The Hall–Kier alpha value is -0.570. The molecule has 0 saturated carbocycles. The van der Waals surface area contributed by atoms with E-state index in [1.54, 1.807) is 0 Å². The van der Waals surface area contributed by atoms with Crippen molar-refractivity contribution < 1.29 is 14.6 Å². The number of rotatable bonds is 8. The number of esters is 1. The third-order valence-electron chi connectivity index (χ3n) is 2.45. The van der Waals surface area contributed by atoms with E-state index in [1.165, 1.54) is 20.0 Å². The van der Waals surface area contributed by atoms with Crippen LogP contribution in [-0.2, 0) is 9.53 Å². The number of hydrogen-bond donors (Lipinski definition) is 1. The molecule has 0 aliphatic carbocycles. The van der Waals surface area contributed by atoms with Crippen molar-refractivity contribution >= 4 is 5.97 Å². The molecule has 0 fully saturated rings. The molecule has 0 aliphatic rings. The minimum absolute atomic E-state index is 0.126. The van der Waals surface area contributed by atoms with Crippen LogP contribution in [0.25, 0.3) is 0 Å². The molecule has 0 amide bonds. The fourth-order valence-corrected chi connectivity index (χ4v) is 1.49. The quantitative estimate of drug-likeness (QED) is 0.501. The fraction of sp³-hybridized carbons (Fsp3) is 0.917. The Bertz CT molecular complexity index is 166. The minimum atomic E-state index is -0.531. The van der Waals surface area contributed by atoms with Gasteiger partial charge in [-0.3, -0.25) is 4.79 Å². The van der Waals surface area contributed by atoms with Crippen LogP contribution in [0.5, 0.6) is 0 Å². The molecule has 3 nitrogen and oxygen atoms in total. The number of carbonyl (C=O) groups is 1. The first-order valence-corrected chi connectivity index (χ1v) is 5.81. The second-order valence-corrected chi connectivity index (χ2v) is 4.47. The van der Waals surface area contributed by atoms with Crippen molar-refractivity contribution in [2.45, 2.75) is 58.5 Å². The van der Waals surface area contributed by atoms with Crippen LogP contribution >= 0.6 is 0 Å². The van der Waals surface area contributed by atoms with Gasteiger partial charge in [0.1, 0.15) is 0 Å². The predicted molar refractivity (Wildman–Crippen MR) is 60.6 cm³/mol. The van der Waals surface area contributed by atoms with Crippen LogP contribution < -0.4 is 0 Å². The maximum Gasteiger partial charge on any atom is 0.308 e. The van der Waals surface area contributed by atoms with E-state index < -0.39 is 6.10 Å². The first-order chi connectivity index (χ1) is 7.06. The van der Waals surface area contributed by atoms with Gasteiger partial charge >= 0.3 is 5.97 Å². The molecule has 90 valence electrons. The molecular formula is C12H24O3. The van der Waals surface area contributed by atoms with Gasteiger partial charge in [0.2, 0.25) is 0 Å². The van der Waals surface area contributed by atoms with Gasteiger partial charge in [-0.25, -0.2) is 0 Å². The highest BCUT2D eigenvalue weighted by atomic mass is 16.5. The molecule has 0 radical (unpaired) electrons. The Balaban J connectivity index is 3.31. The number of aliphatic hydroxyl groups is 1. The average Bonchev–Trinajstić information content (AvgIpc) is 2.16. The number of carbonyl (C=O) groups excluding carboxylic acids is 1. The Morgan fingerprint density at radius 1 is 1.20 bits per heavy atom. The lowest BCUT2D eigenvalue weighted by molar-refractivity contribution is -0.142. The molecule has 0 aromatic carbocycles. The summed E-state index contributed by atoms with van der Waals surface area (Å²) < 4.78 is 4.48. The summed E-state index contributed by atoms with van der Waals surface area (Å²) in [4.78, 5) is 10.8. The highest BCUT2D eigenvalue weighted by Crippen LogP contribution is 2.11. The number of methoxy groups -OCH3 is 1. The molecule has 1 unspecified atom stereocenters. The molecule has 0 aromatic rings. The van der Waals surface area contributed by atoms with Crippen LogP contribution in [0.4, 0.5) is 0 Å². The second-order valence-electron chi connectivity index (χ2n) is 4.47. The third kappa shape index (κ3) is 9.73. The Morgan fingerprint density at radius 3 is 2.33 bits per heavy atom. The summed E-state index contributed by atoms with van der Waals surface area (Å²) in [7, 11) is 1.34. The van der Waals surface area contributed by atoms with Gasteiger partial charge in [0.05, 0.1) is 19.6 Å². The molecule has 3 heteroatoms. The topological polar surface area (TPSA) is 46.5 Å². The lowest BCUT2D eigenvalue weighted by atomic mass is 10.0. The van der Waals surface area contributed by atoms with Crippen LogP contribution in [0, 0.1) is 5.92 Å². The molecule has 15 heavy (non-hydrogen) atoms. The molecule has 1 N–H and O–H groups in total. The van der Waals surface area contributed by atoms with Crippen LogP contribution in [0.3, 0.4) is 0 Å². The predicted octanol–water partition coefficient (Wildman–Crippen LogP) is 2.52.